The number of carbonyl (C=O) groups is 2. The van der Waals surface area contributed by atoms with Crippen LogP contribution in [0.15, 0.2) is 63.9 Å². The van der Waals surface area contributed by atoms with Crippen molar-refractivity contribution in [3.63, 3.8) is 0 Å². The van der Waals surface area contributed by atoms with Gasteiger partial charge < -0.3 is 15.1 Å². The summed E-state index contributed by atoms with van der Waals surface area (Å²) in [7, 11) is 0. The quantitative estimate of drug-likeness (QED) is 0.584. The molecule has 144 valence electrons. The topological polar surface area (TPSA) is 84.2 Å². The SMILES string of the molecule is O=C(Nc1ccc(NC(=O)c2ccco2)cc1C(F)(F)F)c1cncc(Br)c1. The van der Waals surface area contributed by atoms with E-state index in [4.69, 9.17) is 4.42 Å². The second-order valence-electron chi connectivity index (χ2n) is 5.54. The summed E-state index contributed by atoms with van der Waals surface area (Å²) in [5, 5.41) is 4.53. The number of hydrogen-bond donors (Lipinski definition) is 2. The highest BCUT2D eigenvalue weighted by atomic mass is 79.9. The number of carbonyl (C=O) groups excluding carboxylic acids is 2. The third-order valence-corrected chi connectivity index (χ3v) is 3.98. The molecule has 28 heavy (non-hydrogen) atoms. The minimum absolute atomic E-state index is 0.0481. The molecule has 0 aliphatic heterocycles. The highest BCUT2D eigenvalue weighted by Gasteiger charge is 2.34. The summed E-state index contributed by atoms with van der Waals surface area (Å²) in [4.78, 5) is 28.0. The number of benzene rings is 1. The molecule has 3 rings (SSSR count). The Morgan fingerprint density at radius 3 is 2.46 bits per heavy atom. The van der Waals surface area contributed by atoms with Crippen molar-refractivity contribution in [3.05, 3.63) is 76.4 Å². The van der Waals surface area contributed by atoms with Crippen molar-refractivity contribution in [2.24, 2.45) is 0 Å². The van der Waals surface area contributed by atoms with Crippen molar-refractivity contribution >= 4 is 39.1 Å². The Hall–Kier alpha value is -3.14. The number of amides is 2. The molecule has 2 N–H and O–H groups in total. The van der Waals surface area contributed by atoms with E-state index < -0.39 is 29.2 Å². The minimum Gasteiger partial charge on any atom is -0.459 e. The average molecular weight is 454 g/mol. The Labute approximate surface area is 164 Å². The van der Waals surface area contributed by atoms with E-state index in [0.717, 1.165) is 12.1 Å². The van der Waals surface area contributed by atoms with E-state index in [2.05, 4.69) is 31.5 Å². The monoisotopic (exact) mass is 453 g/mol. The van der Waals surface area contributed by atoms with Crippen LogP contribution in [0.25, 0.3) is 0 Å². The smallest absolute Gasteiger partial charge is 0.418 e. The van der Waals surface area contributed by atoms with Crippen LogP contribution in [-0.2, 0) is 6.18 Å². The maximum Gasteiger partial charge on any atom is 0.418 e. The lowest BCUT2D eigenvalue weighted by Gasteiger charge is -2.15. The molecule has 2 amide bonds. The average Bonchev–Trinajstić information content (AvgIpc) is 3.17. The first-order valence-corrected chi connectivity index (χ1v) is 8.51. The van der Waals surface area contributed by atoms with Crippen LogP contribution in [-0.4, -0.2) is 16.8 Å². The van der Waals surface area contributed by atoms with E-state index in [1.807, 2.05) is 0 Å². The van der Waals surface area contributed by atoms with Crippen LogP contribution >= 0.6 is 15.9 Å². The number of hydrogen-bond acceptors (Lipinski definition) is 4. The number of halogens is 4. The second kappa shape index (κ2) is 7.85. The zero-order chi connectivity index (χ0) is 20.3. The number of furan rings is 1. The standard InChI is InChI=1S/C18H11BrF3N3O3/c19-11-6-10(8-23-9-11)16(26)25-14-4-3-12(7-13(14)18(20,21)22)24-17(27)15-2-1-5-28-15/h1-9H,(H,24,27)(H,25,26). The predicted octanol–water partition coefficient (Wildman–Crippen LogP) is 4.96. The van der Waals surface area contributed by atoms with Crippen molar-refractivity contribution in [3.8, 4) is 0 Å². The van der Waals surface area contributed by atoms with Gasteiger partial charge in [-0.2, -0.15) is 13.2 Å². The third kappa shape index (κ3) is 4.58. The van der Waals surface area contributed by atoms with Gasteiger partial charge in [-0.15, -0.1) is 0 Å². The lowest BCUT2D eigenvalue weighted by atomic mass is 10.1. The van der Waals surface area contributed by atoms with Gasteiger partial charge in [0.1, 0.15) is 0 Å². The van der Waals surface area contributed by atoms with Gasteiger partial charge in [-0.3, -0.25) is 14.6 Å². The van der Waals surface area contributed by atoms with E-state index in [1.165, 1.54) is 42.9 Å². The molecule has 0 atom stereocenters. The molecule has 0 aliphatic rings. The Bertz CT molecular complexity index is 1020. The Kier molecular flexibility index (Phi) is 5.50. The molecule has 1 aromatic carbocycles. The number of pyridine rings is 1. The summed E-state index contributed by atoms with van der Waals surface area (Å²) in [6.45, 7) is 0. The van der Waals surface area contributed by atoms with E-state index in [1.54, 1.807) is 0 Å². The first-order valence-electron chi connectivity index (χ1n) is 7.72. The highest BCUT2D eigenvalue weighted by molar-refractivity contribution is 9.10. The molecule has 6 nitrogen and oxygen atoms in total. The van der Waals surface area contributed by atoms with Crippen molar-refractivity contribution in [2.75, 3.05) is 10.6 Å². The van der Waals surface area contributed by atoms with Gasteiger partial charge in [-0.1, -0.05) is 0 Å². The van der Waals surface area contributed by atoms with Gasteiger partial charge in [0.25, 0.3) is 11.8 Å². The number of anilines is 2. The summed E-state index contributed by atoms with van der Waals surface area (Å²) in [5.41, 5.74) is -1.58. The Morgan fingerprint density at radius 2 is 1.82 bits per heavy atom. The molecule has 2 aromatic heterocycles. The number of nitrogens with one attached hydrogen (secondary N) is 2. The van der Waals surface area contributed by atoms with Gasteiger partial charge in [0.2, 0.25) is 0 Å². The van der Waals surface area contributed by atoms with Gasteiger partial charge in [-0.05, 0) is 52.3 Å². The fraction of sp³-hybridized carbons (Fsp3) is 0.0556. The van der Waals surface area contributed by atoms with Crippen LogP contribution in [0, 0.1) is 0 Å². The molecule has 0 radical (unpaired) electrons. The molecule has 0 bridgehead atoms. The van der Waals surface area contributed by atoms with Crippen molar-refractivity contribution < 1.29 is 27.2 Å². The fourth-order valence-corrected chi connectivity index (χ4v) is 2.66. The van der Waals surface area contributed by atoms with E-state index >= 15 is 0 Å². The number of rotatable bonds is 4. The highest BCUT2D eigenvalue weighted by Crippen LogP contribution is 2.37. The molecule has 0 fully saturated rings. The number of aromatic nitrogens is 1. The lowest BCUT2D eigenvalue weighted by molar-refractivity contribution is -0.136. The summed E-state index contributed by atoms with van der Waals surface area (Å²) < 4.78 is 45.8. The van der Waals surface area contributed by atoms with Gasteiger partial charge in [0, 0.05) is 22.6 Å². The zero-order valence-corrected chi connectivity index (χ0v) is 15.5. The number of alkyl halides is 3. The van der Waals surface area contributed by atoms with Crippen LogP contribution in [0.1, 0.15) is 26.5 Å². The van der Waals surface area contributed by atoms with E-state index in [9.17, 15) is 22.8 Å². The van der Waals surface area contributed by atoms with Crippen molar-refractivity contribution in [2.45, 2.75) is 6.18 Å². The molecular formula is C18H11BrF3N3O3. The van der Waals surface area contributed by atoms with Crippen LogP contribution in [0.3, 0.4) is 0 Å². The largest absolute Gasteiger partial charge is 0.459 e. The molecule has 0 saturated heterocycles. The third-order valence-electron chi connectivity index (χ3n) is 3.54. The first-order chi connectivity index (χ1) is 13.2. The molecule has 0 spiro atoms. The van der Waals surface area contributed by atoms with Crippen molar-refractivity contribution in [1.82, 2.24) is 4.98 Å². The molecule has 2 heterocycles. The Morgan fingerprint density at radius 1 is 1.04 bits per heavy atom. The van der Waals surface area contributed by atoms with Crippen LogP contribution in [0.5, 0.6) is 0 Å². The first kappa shape index (κ1) is 19.6. The summed E-state index contributed by atoms with van der Waals surface area (Å²) in [6.07, 6.45) is -0.825. The molecule has 3 aromatic rings. The maximum atomic E-state index is 13.5. The minimum atomic E-state index is -4.76. The van der Waals surface area contributed by atoms with Gasteiger partial charge in [0.15, 0.2) is 5.76 Å². The van der Waals surface area contributed by atoms with Crippen LogP contribution < -0.4 is 10.6 Å². The summed E-state index contributed by atoms with van der Waals surface area (Å²) in [6, 6.07) is 7.31. The zero-order valence-electron chi connectivity index (χ0n) is 13.9. The van der Waals surface area contributed by atoms with Crippen LogP contribution in [0.2, 0.25) is 0 Å². The normalized spacial score (nSPS) is 11.1. The van der Waals surface area contributed by atoms with Gasteiger partial charge in [0.05, 0.1) is 23.1 Å². The lowest BCUT2D eigenvalue weighted by Crippen LogP contribution is -2.18. The molecule has 0 saturated carbocycles. The molecular weight excluding hydrogens is 443 g/mol. The van der Waals surface area contributed by atoms with E-state index in [0.29, 0.717) is 4.47 Å². The Balaban J connectivity index is 1.87. The predicted molar refractivity (Wildman–Crippen MR) is 98.0 cm³/mol. The van der Waals surface area contributed by atoms with Gasteiger partial charge in [-0.25, -0.2) is 0 Å². The maximum absolute atomic E-state index is 13.5. The van der Waals surface area contributed by atoms with E-state index in [-0.39, 0.29) is 17.0 Å². The van der Waals surface area contributed by atoms with Crippen molar-refractivity contribution in [1.29, 1.82) is 0 Å². The molecule has 0 unspecified atom stereocenters. The van der Waals surface area contributed by atoms with Gasteiger partial charge >= 0.3 is 6.18 Å². The fourth-order valence-electron chi connectivity index (χ4n) is 2.30. The second-order valence-corrected chi connectivity index (χ2v) is 6.45. The summed E-state index contributed by atoms with van der Waals surface area (Å²) >= 11 is 3.14. The molecule has 0 aliphatic carbocycles. The number of nitrogens with zero attached hydrogens (tertiary/aromatic N) is 1. The summed E-state index contributed by atoms with van der Waals surface area (Å²) in [5.74, 6) is -1.50. The van der Waals surface area contributed by atoms with Crippen LogP contribution in [0.4, 0.5) is 24.5 Å². The molecule has 10 heteroatoms.